The molecule has 0 bridgehead atoms. The lowest BCUT2D eigenvalue weighted by Gasteiger charge is -2.51. The first kappa shape index (κ1) is 77.5. The van der Waals surface area contributed by atoms with Crippen LogP contribution in [0.2, 0.25) is 0 Å². The highest BCUT2D eigenvalue weighted by molar-refractivity contribution is 5.87. The highest BCUT2D eigenvalue weighted by atomic mass is 16.8. The second kappa shape index (κ2) is 36.7. The standard InChI is InChI=1S/C75H85N9O24/c76-83-77-35-50-31-53(86)56(81-72(93)99-40-45-23-11-3-12-24-45)66(102-50)106-61-52(80-71(92)98-39-44-21-9-2-10-22-44)32-51(79-69(90)75(96)33-49(34-75)78-70(91)97-38-43-19-7-1-8-20-43)58(87)64(61)108-68-60(89)63(55(37-85)104-68)107-67-57(82-73(94)100-41-46-25-13-4-14-26-46)59(88)62-54(103-67)36-84(65(105-62)48-29-17-6-18-30-48)74(95)101-42-47-27-15-5-16-28-47/h1-30,49-68,85-89,96H,31-42H2,(H,78,91)(H,79,90)(H,80,92)(H,81,93)(H,82,94)/t49-,50-,51+,52-,53+,54-,55+,56+,57+,58-,59+,60+,61+,62+,63+,64+,65?,66+,67+,68-,75-/m0/s1. The van der Waals surface area contributed by atoms with Crippen LogP contribution in [0.5, 0.6) is 0 Å². The van der Waals surface area contributed by atoms with Crippen LogP contribution in [0.1, 0.15) is 65.3 Å². The summed E-state index contributed by atoms with van der Waals surface area (Å²) in [6.45, 7) is -2.63. The second-order valence-corrected chi connectivity index (χ2v) is 26.9. The summed E-state index contributed by atoms with van der Waals surface area (Å²) in [6.07, 6.45) is -31.8. The van der Waals surface area contributed by atoms with E-state index in [0.29, 0.717) is 33.4 Å². The molecule has 0 radical (unpaired) electrons. The lowest BCUT2D eigenvalue weighted by molar-refractivity contribution is -0.323. The lowest BCUT2D eigenvalue weighted by Crippen LogP contribution is -2.70. The molecule has 6 fully saturated rings. The molecule has 33 nitrogen and oxygen atoms in total. The first-order valence-corrected chi connectivity index (χ1v) is 35.3. The molecule has 6 aliphatic rings. The minimum Gasteiger partial charge on any atom is -0.445 e. The van der Waals surface area contributed by atoms with E-state index in [-0.39, 0.29) is 65.4 Å². The van der Waals surface area contributed by atoms with Crippen molar-refractivity contribution in [3.05, 3.63) is 226 Å². The fourth-order valence-corrected chi connectivity index (χ4v) is 13.7. The predicted octanol–water partition coefficient (Wildman–Crippen LogP) is 4.78. The summed E-state index contributed by atoms with van der Waals surface area (Å²) in [4.78, 5) is 87.8. The zero-order valence-electron chi connectivity index (χ0n) is 58.2. The largest absolute Gasteiger partial charge is 0.445 e. The topological polar surface area (TPSA) is 447 Å². The predicted molar refractivity (Wildman–Crippen MR) is 373 cm³/mol. The molecular formula is C75H85N9O24. The van der Waals surface area contributed by atoms with Crippen LogP contribution >= 0.6 is 0 Å². The average molecular weight is 1500 g/mol. The molecule has 12 rings (SSSR count). The number of ether oxygens (including phenoxy) is 12. The van der Waals surface area contributed by atoms with Crippen molar-refractivity contribution in [1.82, 2.24) is 31.5 Å². The van der Waals surface area contributed by atoms with Gasteiger partial charge < -0.3 is 114 Å². The van der Waals surface area contributed by atoms with Gasteiger partial charge in [0.25, 0.3) is 5.91 Å². The highest BCUT2D eigenvalue weighted by Gasteiger charge is 2.59. The van der Waals surface area contributed by atoms with E-state index in [1.54, 1.807) is 182 Å². The van der Waals surface area contributed by atoms with E-state index >= 15 is 0 Å². The van der Waals surface area contributed by atoms with E-state index < -0.39 is 177 Å². The maximum atomic E-state index is 14.5. The van der Waals surface area contributed by atoms with Gasteiger partial charge in [-0.25, -0.2) is 24.0 Å². The number of aliphatic hydroxyl groups is 6. The Labute approximate surface area is 619 Å². The molecule has 6 amide bonds. The average Bonchev–Trinajstić information content (AvgIpc) is 1.13. The van der Waals surface area contributed by atoms with Gasteiger partial charge in [0.2, 0.25) is 0 Å². The molecule has 6 aromatic rings. The van der Waals surface area contributed by atoms with Crippen molar-refractivity contribution in [3.8, 4) is 0 Å². The molecule has 0 spiro atoms. The molecule has 4 heterocycles. The first-order valence-electron chi connectivity index (χ1n) is 35.3. The van der Waals surface area contributed by atoms with E-state index in [2.05, 4.69) is 36.6 Å². The Morgan fingerprint density at radius 2 is 0.963 bits per heavy atom. The molecule has 4 saturated heterocycles. The third-order valence-corrected chi connectivity index (χ3v) is 19.3. The summed E-state index contributed by atoms with van der Waals surface area (Å²) in [5.74, 6) is -1.05. The van der Waals surface area contributed by atoms with Gasteiger partial charge in [0.15, 0.2) is 25.1 Å². The molecule has 574 valence electrons. The zero-order chi connectivity index (χ0) is 75.7. The van der Waals surface area contributed by atoms with Crippen LogP contribution in [0.15, 0.2) is 187 Å². The molecule has 11 N–H and O–H groups in total. The third kappa shape index (κ3) is 19.8. The number of carbonyl (C=O) groups is 6. The Hall–Kier alpha value is -10.1. The number of nitrogens with zero attached hydrogens (tertiary/aromatic N) is 4. The number of carbonyl (C=O) groups excluding carboxylic acids is 6. The van der Waals surface area contributed by atoms with Crippen molar-refractivity contribution >= 4 is 36.4 Å². The van der Waals surface area contributed by atoms with Crippen LogP contribution in [-0.2, 0) is 94.7 Å². The van der Waals surface area contributed by atoms with E-state index in [4.69, 9.17) is 56.8 Å². The summed E-state index contributed by atoms with van der Waals surface area (Å²) in [5.41, 5.74) is 10.9. The molecule has 19 atom stereocenters. The summed E-state index contributed by atoms with van der Waals surface area (Å²) in [6, 6.07) is 45.1. The van der Waals surface area contributed by atoms with Gasteiger partial charge in [0.1, 0.15) is 106 Å². The van der Waals surface area contributed by atoms with Gasteiger partial charge in [0, 0.05) is 35.8 Å². The SMILES string of the molecule is [N-]=[N+]=NC[C@@H]1C[C@@H](O)[C@@H](NC(=O)OCc2ccccc2)[C@@H](O[C@H]2[C@H](O[C@@H]3O[C@H](CO)[C@@H](O[C@H]4O[C@H]5CN(C(=O)OCc6ccccc6)C(c6ccccc6)O[C@H]5[C@H](O)[C@H]4NC(=O)OCc4ccccc4)[C@H]3O)[C@@H](O)[C@H](NC(=O)[C@]3(O)C[C@H](NC(=O)OCc4ccccc4)C3)C[C@@H]2NC(=O)OCc2ccccc2)O1. The highest BCUT2D eigenvalue weighted by Crippen LogP contribution is 2.41. The number of hydrogen-bond acceptors (Lipinski definition) is 25. The number of aliphatic hydroxyl groups excluding tert-OH is 5. The van der Waals surface area contributed by atoms with E-state index in [9.17, 15) is 64.9 Å². The Kier molecular flexibility index (Phi) is 26.3. The van der Waals surface area contributed by atoms with Crippen LogP contribution < -0.4 is 26.6 Å². The maximum Gasteiger partial charge on any atom is 0.412 e. The minimum absolute atomic E-state index is 0.0695. The first-order chi connectivity index (χ1) is 52.4. The monoisotopic (exact) mass is 1500 g/mol. The maximum absolute atomic E-state index is 14.5. The molecular weight excluding hydrogens is 1410 g/mol. The van der Waals surface area contributed by atoms with Gasteiger partial charge in [0.05, 0.1) is 44.0 Å². The van der Waals surface area contributed by atoms with Gasteiger partial charge in [-0.15, -0.1) is 0 Å². The number of fused-ring (bicyclic) bond motifs is 1. The number of benzene rings is 6. The van der Waals surface area contributed by atoms with Gasteiger partial charge >= 0.3 is 30.5 Å². The smallest absolute Gasteiger partial charge is 0.412 e. The zero-order valence-corrected chi connectivity index (χ0v) is 58.2. The van der Waals surface area contributed by atoms with Gasteiger partial charge in [-0.05, 0) is 39.8 Å². The Morgan fingerprint density at radius 3 is 1.48 bits per heavy atom. The number of hydrogen-bond donors (Lipinski definition) is 11. The van der Waals surface area contributed by atoms with Crippen molar-refractivity contribution in [2.24, 2.45) is 5.11 Å². The number of rotatable bonds is 26. The summed E-state index contributed by atoms with van der Waals surface area (Å²) >= 11 is 0. The summed E-state index contributed by atoms with van der Waals surface area (Å²) in [5, 5.41) is 90.2. The summed E-state index contributed by atoms with van der Waals surface area (Å²) < 4.78 is 73.9. The number of amides is 6. The Morgan fingerprint density at radius 1 is 0.500 bits per heavy atom. The number of azide groups is 1. The third-order valence-electron chi connectivity index (χ3n) is 19.3. The van der Waals surface area contributed by atoms with Gasteiger partial charge in [-0.2, -0.15) is 0 Å². The van der Waals surface area contributed by atoms with Crippen LogP contribution in [0.3, 0.4) is 0 Å². The normalized spacial score (nSPS) is 30.6. The molecule has 33 heteroatoms. The van der Waals surface area contributed by atoms with Gasteiger partial charge in [-0.3, -0.25) is 9.69 Å². The van der Waals surface area contributed by atoms with Crippen molar-refractivity contribution in [2.75, 3.05) is 19.7 Å². The number of nitrogens with one attached hydrogen (secondary N) is 5. The van der Waals surface area contributed by atoms with Crippen molar-refractivity contribution in [3.63, 3.8) is 0 Å². The van der Waals surface area contributed by atoms with E-state index in [1.165, 1.54) is 4.90 Å². The van der Waals surface area contributed by atoms with Crippen molar-refractivity contribution in [1.29, 1.82) is 0 Å². The minimum atomic E-state index is -2.18. The van der Waals surface area contributed by atoms with Crippen LogP contribution in [0.25, 0.3) is 10.4 Å². The van der Waals surface area contributed by atoms with E-state index in [0.717, 1.165) is 0 Å². The molecule has 108 heavy (non-hydrogen) atoms. The molecule has 0 aromatic heterocycles. The summed E-state index contributed by atoms with van der Waals surface area (Å²) in [7, 11) is 0. The second-order valence-electron chi connectivity index (χ2n) is 26.9. The van der Waals surface area contributed by atoms with Crippen molar-refractivity contribution in [2.45, 2.75) is 187 Å². The Bertz CT molecular complexity index is 3980. The molecule has 2 aliphatic carbocycles. The van der Waals surface area contributed by atoms with Gasteiger partial charge in [-0.1, -0.05) is 187 Å². The fraction of sp³-hybridized carbons (Fsp3) is 0.440. The number of alkyl carbamates (subject to hydrolysis) is 4. The van der Waals surface area contributed by atoms with Crippen LogP contribution in [0, 0.1) is 0 Å². The van der Waals surface area contributed by atoms with Crippen molar-refractivity contribution < 1.29 is 116 Å². The van der Waals surface area contributed by atoms with Crippen LogP contribution in [-0.4, -0.2) is 213 Å². The fourth-order valence-electron chi connectivity index (χ4n) is 13.7. The molecule has 2 saturated carbocycles. The lowest BCUT2D eigenvalue weighted by atomic mass is 9.74. The van der Waals surface area contributed by atoms with E-state index in [1.807, 2.05) is 0 Å². The molecule has 1 unspecified atom stereocenters. The quantitative estimate of drug-likeness (QED) is 0.0151. The van der Waals surface area contributed by atoms with Crippen LogP contribution in [0.4, 0.5) is 24.0 Å². The molecule has 4 aliphatic heterocycles. The Balaban J connectivity index is 0.850. The molecule has 6 aromatic carbocycles.